The van der Waals surface area contributed by atoms with Gasteiger partial charge < -0.3 is 14.6 Å². The summed E-state index contributed by atoms with van der Waals surface area (Å²) >= 11 is 6.14. The predicted molar refractivity (Wildman–Crippen MR) is 162 cm³/mol. The van der Waals surface area contributed by atoms with Crippen molar-refractivity contribution >= 4 is 34.3 Å². The Morgan fingerprint density at radius 1 is 0.850 bits per heavy atom. The third-order valence-electron chi connectivity index (χ3n) is 7.84. The molecule has 1 aliphatic rings. The van der Waals surface area contributed by atoms with Gasteiger partial charge in [0.25, 0.3) is 0 Å². The van der Waals surface area contributed by atoms with Crippen molar-refractivity contribution in [3.05, 3.63) is 119 Å². The molecule has 1 aromatic heterocycles. The standard InChI is InChI=1S/C34H32ClN3O2/c35-28-17-14-24(15-18-28)22-37(29-10-3-1-4-11-29)23-25-8-7-9-26(20-25)33-36-31-21-27(34(39)40)16-19-32(31)38(33)30-12-5-2-6-13-30/h1,3-4,7-11,14-21,30H,2,5-6,12-13,22-23H2,(H,39,40). The second kappa shape index (κ2) is 11.6. The summed E-state index contributed by atoms with van der Waals surface area (Å²) in [6.07, 6.45) is 5.89. The number of halogens is 1. The third kappa shape index (κ3) is 5.61. The summed E-state index contributed by atoms with van der Waals surface area (Å²) in [5.41, 5.74) is 6.59. The number of fused-ring (bicyclic) bond motifs is 1. The van der Waals surface area contributed by atoms with E-state index in [1.54, 1.807) is 12.1 Å². The fourth-order valence-corrected chi connectivity index (χ4v) is 5.99. The molecule has 0 spiro atoms. The zero-order valence-corrected chi connectivity index (χ0v) is 23.1. The molecule has 0 saturated heterocycles. The highest BCUT2D eigenvalue weighted by Crippen LogP contribution is 2.36. The molecule has 40 heavy (non-hydrogen) atoms. The van der Waals surface area contributed by atoms with Gasteiger partial charge in [0.05, 0.1) is 16.6 Å². The lowest BCUT2D eigenvalue weighted by atomic mass is 9.94. The molecular weight excluding hydrogens is 518 g/mol. The number of nitrogens with zero attached hydrogens (tertiary/aromatic N) is 3. The molecular formula is C34H32ClN3O2. The van der Waals surface area contributed by atoms with Crippen LogP contribution in [0.1, 0.15) is 59.6 Å². The number of aromatic nitrogens is 2. The Labute approximate surface area is 239 Å². The van der Waals surface area contributed by atoms with Crippen molar-refractivity contribution in [2.75, 3.05) is 4.90 Å². The van der Waals surface area contributed by atoms with Gasteiger partial charge in [-0.25, -0.2) is 9.78 Å². The van der Waals surface area contributed by atoms with Crippen molar-refractivity contribution in [2.24, 2.45) is 0 Å². The van der Waals surface area contributed by atoms with E-state index < -0.39 is 5.97 Å². The van der Waals surface area contributed by atoms with Crippen molar-refractivity contribution in [1.29, 1.82) is 0 Å². The average Bonchev–Trinajstić information content (AvgIpc) is 3.38. The number of imidazole rings is 1. The minimum absolute atomic E-state index is 0.266. The van der Waals surface area contributed by atoms with Crippen LogP contribution in [0.4, 0.5) is 5.69 Å². The lowest BCUT2D eigenvalue weighted by Gasteiger charge is -2.27. The fraction of sp³-hybridized carbons (Fsp3) is 0.235. The van der Waals surface area contributed by atoms with Gasteiger partial charge in [-0.3, -0.25) is 0 Å². The van der Waals surface area contributed by atoms with E-state index in [0.717, 1.165) is 59.1 Å². The SMILES string of the molecule is O=C(O)c1ccc2c(c1)nc(-c1cccc(CN(Cc3ccc(Cl)cc3)c3ccccc3)c1)n2C1CCCCC1. The topological polar surface area (TPSA) is 58.4 Å². The summed E-state index contributed by atoms with van der Waals surface area (Å²) in [6, 6.07) is 32.8. The zero-order valence-electron chi connectivity index (χ0n) is 22.3. The summed E-state index contributed by atoms with van der Waals surface area (Å²) in [5, 5.41) is 10.3. The molecule has 1 saturated carbocycles. The van der Waals surface area contributed by atoms with Crippen LogP contribution in [-0.2, 0) is 13.1 Å². The first kappa shape index (κ1) is 26.1. The van der Waals surface area contributed by atoms with Crippen molar-refractivity contribution in [3.8, 4) is 11.4 Å². The number of carbonyl (C=O) groups is 1. The molecule has 0 aliphatic heterocycles. The molecule has 1 fully saturated rings. The maximum Gasteiger partial charge on any atom is 0.335 e. The molecule has 1 N–H and O–H groups in total. The number of benzene rings is 4. The van der Waals surface area contributed by atoms with Gasteiger partial charge in [0.15, 0.2) is 0 Å². The number of hydrogen-bond acceptors (Lipinski definition) is 3. The maximum absolute atomic E-state index is 11.7. The van der Waals surface area contributed by atoms with E-state index in [0.29, 0.717) is 6.04 Å². The number of carboxylic acids is 1. The molecule has 0 amide bonds. The Balaban J connectivity index is 1.38. The monoisotopic (exact) mass is 549 g/mol. The van der Waals surface area contributed by atoms with Crippen LogP contribution in [0.5, 0.6) is 0 Å². The van der Waals surface area contributed by atoms with E-state index >= 15 is 0 Å². The first-order valence-corrected chi connectivity index (χ1v) is 14.3. The van der Waals surface area contributed by atoms with Crippen LogP contribution in [0.2, 0.25) is 5.02 Å². The van der Waals surface area contributed by atoms with E-state index in [1.165, 1.54) is 30.4 Å². The zero-order chi connectivity index (χ0) is 27.5. The van der Waals surface area contributed by atoms with E-state index in [2.05, 4.69) is 70.1 Å². The van der Waals surface area contributed by atoms with Crippen LogP contribution in [0.25, 0.3) is 22.4 Å². The molecule has 5 aromatic rings. The smallest absolute Gasteiger partial charge is 0.335 e. The molecule has 1 heterocycles. The van der Waals surface area contributed by atoms with E-state index in [9.17, 15) is 9.90 Å². The minimum atomic E-state index is -0.931. The highest BCUT2D eigenvalue weighted by Gasteiger charge is 2.23. The number of rotatable bonds is 8. The number of aromatic carboxylic acids is 1. The molecule has 0 radical (unpaired) electrons. The summed E-state index contributed by atoms with van der Waals surface area (Å²) < 4.78 is 2.36. The summed E-state index contributed by atoms with van der Waals surface area (Å²) in [7, 11) is 0. The first-order chi connectivity index (χ1) is 19.5. The van der Waals surface area contributed by atoms with Gasteiger partial charge in [-0.1, -0.05) is 79.4 Å². The lowest BCUT2D eigenvalue weighted by Crippen LogP contribution is -2.22. The van der Waals surface area contributed by atoms with Gasteiger partial charge in [0.2, 0.25) is 0 Å². The molecule has 6 rings (SSSR count). The van der Waals surface area contributed by atoms with Gasteiger partial charge in [0, 0.05) is 35.4 Å². The average molecular weight is 550 g/mol. The Morgan fingerprint density at radius 3 is 2.35 bits per heavy atom. The maximum atomic E-state index is 11.7. The predicted octanol–water partition coefficient (Wildman–Crippen LogP) is 8.77. The van der Waals surface area contributed by atoms with Crippen molar-refractivity contribution in [2.45, 2.75) is 51.2 Å². The van der Waals surface area contributed by atoms with E-state index in [-0.39, 0.29) is 5.56 Å². The van der Waals surface area contributed by atoms with Crippen molar-refractivity contribution in [3.63, 3.8) is 0 Å². The summed E-state index contributed by atoms with van der Waals surface area (Å²) in [5.74, 6) is -0.0189. The molecule has 0 unspecified atom stereocenters. The fourth-order valence-electron chi connectivity index (χ4n) is 5.86. The second-order valence-electron chi connectivity index (χ2n) is 10.6. The Hall–Kier alpha value is -4.09. The van der Waals surface area contributed by atoms with Crippen LogP contribution >= 0.6 is 11.6 Å². The van der Waals surface area contributed by atoms with Crippen molar-refractivity contribution in [1.82, 2.24) is 9.55 Å². The van der Waals surface area contributed by atoms with Crippen LogP contribution < -0.4 is 4.90 Å². The Kier molecular flexibility index (Phi) is 7.56. The molecule has 0 atom stereocenters. The Morgan fingerprint density at radius 2 is 1.60 bits per heavy atom. The van der Waals surface area contributed by atoms with Crippen LogP contribution in [0.3, 0.4) is 0 Å². The van der Waals surface area contributed by atoms with Gasteiger partial charge in [-0.05, 0) is 72.5 Å². The first-order valence-electron chi connectivity index (χ1n) is 13.9. The van der Waals surface area contributed by atoms with E-state index in [1.807, 2.05) is 24.3 Å². The van der Waals surface area contributed by atoms with Gasteiger partial charge >= 0.3 is 5.97 Å². The second-order valence-corrected chi connectivity index (χ2v) is 11.1. The van der Waals surface area contributed by atoms with Crippen LogP contribution in [0, 0.1) is 0 Å². The third-order valence-corrected chi connectivity index (χ3v) is 8.09. The molecule has 4 aromatic carbocycles. The normalized spacial score (nSPS) is 13.9. The Bertz CT molecular complexity index is 1620. The largest absolute Gasteiger partial charge is 0.478 e. The molecule has 0 bridgehead atoms. The highest BCUT2D eigenvalue weighted by molar-refractivity contribution is 6.30. The van der Waals surface area contributed by atoms with E-state index in [4.69, 9.17) is 16.6 Å². The molecule has 5 nitrogen and oxygen atoms in total. The van der Waals surface area contributed by atoms with Gasteiger partial charge in [-0.2, -0.15) is 0 Å². The lowest BCUT2D eigenvalue weighted by molar-refractivity contribution is 0.0697. The number of para-hydroxylation sites is 1. The number of hydrogen-bond donors (Lipinski definition) is 1. The van der Waals surface area contributed by atoms with Gasteiger partial charge in [-0.15, -0.1) is 0 Å². The highest BCUT2D eigenvalue weighted by atomic mass is 35.5. The molecule has 202 valence electrons. The minimum Gasteiger partial charge on any atom is -0.478 e. The number of carboxylic acid groups (broad SMARTS) is 1. The number of anilines is 1. The molecule has 6 heteroatoms. The quantitative estimate of drug-likeness (QED) is 0.210. The van der Waals surface area contributed by atoms with Crippen LogP contribution in [-0.4, -0.2) is 20.6 Å². The van der Waals surface area contributed by atoms with Crippen molar-refractivity contribution < 1.29 is 9.90 Å². The summed E-state index contributed by atoms with van der Waals surface area (Å²) in [6.45, 7) is 1.48. The summed E-state index contributed by atoms with van der Waals surface area (Å²) in [4.78, 5) is 19.1. The van der Waals surface area contributed by atoms with Gasteiger partial charge in [0.1, 0.15) is 5.82 Å². The molecule has 1 aliphatic carbocycles. The van der Waals surface area contributed by atoms with Crippen LogP contribution in [0.15, 0.2) is 97.1 Å².